The monoisotopic (exact) mass is 372 g/mol. The molecule has 1 fully saturated rings. The van der Waals surface area contributed by atoms with Crippen LogP contribution in [0.1, 0.15) is 51.0 Å². The van der Waals surface area contributed by atoms with E-state index in [1.54, 1.807) is 0 Å². The molecule has 5 heteroatoms. The number of aliphatic hydroxyl groups is 1. The Morgan fingerprint density at radius 1 is 1.15 bits per heavy atom. The maximum absolute atomic E-state index is 13.1. The van der Waals surface area contributed by atoms with E-state index in [2.05, 4.69) is 16.7 Å². The number of carbonyl (C=O) groups is 1. The number of esters is 1. The lowest BCUT2D eigenvalue weighted by Gasteiger charge is -2.34. The second kappa shape index (κ2) is 8.79. The molecule has 0 spiro atoms. The number of hydrogen-bond donors (Lipinski definition) is 1. The molecular weight excluding hydrogens is 340 g/mol. The van der Waals surface area contributed by atoms with Crippen molar-refractivity contribution in [2.24, 2.45) is 5.92 Å². The van der Waals surface area contributed by atoms with Crippen LogP contribution >= 0.6 is 0 Å². The molecule has 1 saturated carbocycles. The maximum atomic E-state index is 13.1. The molecule has 2 atom stereocenters. The fourth-order valence-corrected chi connectivity index (χ4v) is 4.20. The van der Waals surface area contributed by atoms with Crippen LogP contribution in [0, 0.1) is 5.92 Å². The molecule has 148 valence electrons. The van der Waals surface area contributed by atoms with Crippen molar-refractivity contribution in [3.05, 3.63) is 48.3 Å². The van der Waals surface area contributed by atoms with Gasteiger partial charge in [0.1, 0.15) is 6.61 Å². The first-order valence-electron chi connectivity index (χ1n) is 10.1. The van der Waals surface area contributed by atoms with Gasteiger partial charge in [0.2, 0.25) is 0 Å². The van der Waals surface area contributed by atoms with Crippen LogP contribution in [-0.4, -0.2) is 47.2 Å². The van der Waals surface area contributed by atoms with E-state index in [4.69, 9.17) is 4.74 Å². The van der Waals surface area contributed by atoms with Crippen molar-refractivity contribution in [2.75, 3.05) is 20.2 Å². The molecular formula is C22H32N2O3. The topological polar surface area (TPSA) is 53.0 Å². The summed E-state index contributed by atoms with van der Waals surface area (Å²) in [6, 6.07) is 9.33. The van der Waals surface area contributed by atoms with Crippen LogP contribution < -0.4 is 0 Å². The van der Waals surface area contributed by atoms with Gasteiger partial charge in [-0.2, -0.15) is 0 Å². The van der Waals surface area contributed by atoms with Gasteiger partial charge in [-0.05, 0) is 25.3 Å². The summed E-state index contributed by atoms with van der Waals surface area (Å²) in [5, 5.41) is 11.6. The summed E-state index contributed by atoms with van der Waals surface area (Å²) in [4.78, 5) is 17.3. The van der Waals surface area contributed by atoms with E-state index in [0.717, 1.165) is 25.7 Å². The first-order valence-corrected chi connectivity index (χ1v) is 10.1. The van der Waals surface area contributed by atoms with Crippen LogP contribution in [0.5, 0.6) is 0 Å². The maximum Gasteiger partial charge on any atom is 0.343 e. The van der Waals surface area contributed by atoms with Gasteiger partial charge in [0.25, 0.3) is 0 Å². The number of ether oxygens (including phenoxy) is 1. The standard InChI is InChI=1S/C22H32N2O3/c1-18-23(2)14-15-24(18)16-17-27-21(25)22(26,20-12-8-5-9-13-20)19-10-6-3-4-7-11-19/h5,8-9,12-15,18-19,26H,3-4,6-7,10-11,16-17H2,1-2H3. The Kier molecular flexibility index (Phi) is 6.42. The fraction of sp³-hybridized carbons (Fsp3) is 0.591. The highest BCUT2D eigenvalue weighted by Gasteiger charge is 2.46. The summed E-state index contributed by atoms with van der Waals surface area (Å²) in [5.41, 5.74) is -0.912. The molecule has 1 heterocycles. The van der Waals surface area contributed by atoms with Gasteiger partial charge in [-0.3, -0.25) is 0 Å². The summed E-state index contributed by atoms with van der Waals surface area (Å²) < 4.78 is 5.62. The quantitative estimate of drug-likeness (QED) is 0.612. The van der Waals surface area contributed by atoms with Gasteiger partial charge in [-0.1, -0.05) is 56.0 Å². The van der Waals surface area contributed by atoms with Crippen molar-refractivity contribution in [3.63, 3.8) is 0 Å². The third-order valence-electron chi connectivity index (χ3n) is 6.12. The van der Waals surface area contributed by atoms with Crippen LogP contribution in [0.25, 0.3) is 0 Å². The highest BCUT2D eigenvalue weighted by molar-refractivity contribution is 5.81. The molecule has 1 aliphatic carbocycles. The van der Waals surface area contributed by atoms with Crippen LogP contribution in [0.4, 0.5) is 0 Å². The molecule has 1 aromatic rings. The molecule has 3 rings (SSSR count). The lowest BCUT2D eigenvalue weighted by molar-refractivity contribution is -0.175. The smallest absolute Gasteiger partial charge is 0.343 e. The first-order chi connectivity index (χ1) is 13.0. The largest absolute Gasteiger partial charge is 0.461 e. The SMILES string of the molecule is CC1N(C)C=CN1CCOC(=O)C(O)(c1ccccc1)C1CCCCCC1. The van der Waals surface area contributed by atoms with Crippen LogP contribution in [0.2, 0.25) is 0 Å². The molecule has 0 saturated heterocycles. The van der Waals surface area contributed by atoms with E-state index in [1.807, 2.05) is 49.8 Å². The number of nitrogens with zero attached hydrogens (tertiary/aromatic N) is 2. The zero-order valence-electron chi connectivity index (χ0n) is 16.5. The number of benzene rings is 1. The number of carbonyl (C=O) groups excluding carboxylic acids is 1. The van der Waals surface area contributed by atoms with Gasteiger partial charge in [0, 0.05) is 25.4 Å². The average Bonchev–Trinajstić information content (AvgIpc) is 2.90. The molecule has 2 aliphatic rings. The van der Waals surface area contributed by atoms with Gasteiger partial charge in [-0.25, -0.2) is 4.79 Å². The minimum Gasteiger partial charge on any atom is -0.461 e. The first kappa shape index (κ1) is 19.7. The van der Waals surface area contributed by atoms with Crippen molar-refractivity contribution in [1.29, 1.82) is 0 Å². The normalized spacial score (nSPS) is 23.1. The van der Waals surface area contributed by atoms with E-state index in [-0.39, 0.29) is 18.7 Å². The molecule has 0 bridgehead atoms. The molecule has 27 heavy (non-hydrogen) atoms. The number of hydrogen-bond acceptors (Lipinski definition) is 5. The minimum absolute atomic E-state index is 0.0911. The van der Waals surface area contributed by atoms with E-state index >= 15 is 0 Å². The highest BCUT2D eigenvalue weighted by atomic mass is 16.5. The average molecular weight is 373 g/mol. The second-order valence-corrected chi connectivity index (χ2v) is 7.79. The summed E-state index contributed by atoms with van der Waals surface area (Å²) in [6.07, 6.45) is 10.4. The molecule has 1 aliphatic heterocycles. The van der Waals surface area contributed by atoms with Crippen LogP contribution in [-0.2, 0) is 15.1 Å². The molecule has 0 radical (unpaired) electrons. The summed E-state index contributed by atoms with van der Waals surface area (Å²) in [6.45, 7) is 2.99. The Bertz CT molecular complexity index is 640. The summed E-state index contributed by atoms with van der Waals surface area (Å²) in [7, 11) is 2.02. The minimum atomic E-state index is -1.56. The molecule has 2 unspecified atom stereocenters. The Morgan fingerprint density at radius 2 is 1.81 bits per heavy atom. The lowest BCUT2D eigenvalue weighted by atomic mass is 9.77. The van der Waals surface area contributed by atoms with Crippen molar-refractivity contribution in [2.45, 2.75) is 57.2 Å². The predicted molar refractivity (Wildman–Crippen MR) is 106 cm³/mol. The fourth-order valence-electron chi connectivity index (χ4n) is 4.20. The second-order valence-electron chi connectivity index (χ2n) is 7.79. The van der Waals surface area contributed by atoms with E-state index in [9.17, 15) is 9.90 Å². The van der Waals surface area contributed by atoms with E-state index in [1.165, 1.54) is 12.8 Å². The molecule has 1 N–H and O–H groups in total. The van der Waals surface area contributed by atoms with Gasteiger partial charge in [0.15, 0.2) is 5.60 Å². The molecule has 5 nitrogen and oxygen atoms in total. The molecule has 1 aromatic carbocycles. The van der Waals surface area contributed by atoms with Crippen molar-refractivity contribution in [1.82, 2.24) is 9.80 Å². The zero-order chi connectivity index (χ0) is 19.3. The molecule has 0 aromatic heterocycles. The Balaban J connectivity index is 1.70. The Hall–Kier alpha value is -2.01. The van der Waals surface area contributed by atoms with E-state index < -0.39 is 11.6 Å². The Morgan fingerprint density at radius 3 is 2.41 bits per heavy atom. The third kappa shape index (κ3) is 4.29. The van der Waals surface area contributed by atoms with Gasteiger partial charge in [0.05, 0.1) is 12.7 Å². The van der Waals surface area contributed by atoms with Gasteiger partial charge in [-0.15, -0.1) is 0 Å². The van der Waals surface area contributed by atoms with Gasteiger partial charge < -0.3 is 19.6 Å². The van der Waals surface area contributed by atoms with Gasteiger partial charge >= 0.3 is 5.97 Å². The number of rotatable bonds is 6. The van der Waals surface area contributed by atoms with Crippen LogP contribution in [0.15, 0.2) is 42.7 Å². The summed E-state index contributed by atoms with van der Waals surface area (Å²) >= 11 is 0. The third-order valence-corrected chi connectivity index (χ3v) is 6.12. The predicted octanol–water partition coefficient (Wildman–Crippen LogP) is 3.45. The van der Waals surface area contributed by atoms with Crippen molar-refractivity contribution in [3.8, 4) is 0 Å². The lowest BCUT2D eigenvalue weighted by Crippen LogP contribution is -2.45. The Labute approximate surface area is 162 Å². The van der Waals surface area contributed by atoms with Crippen molar-refractivity contribution >= 4 is 5.97 Å². The highest BCUT2D eigenvalue weighted by Crippen LogP contribution is 2.39. The van der Waals surface area contributed by atoms with Crippen molar-refractivity contribution < 1.29 is 14.6 Å². The summed E-state index contributed by atoms with van der Waals surface area (Å²) in [5.74, 6) is -0.601. The zero-order valence-corrected chi connectivity index (χ0v) is 16.5. The molecule has 0 amide bonds. The van der Waals surface area contributed by atoms with Crippen LogP contribution in [0.3, 0.4) is 0 Å². The van der Waals surface area contributed by atoms with E-state index in [0.29, 0.717) is 12.1 Å².